The first-order chi connectivity index (χ1) is 13.1. The lowest BCUT2D eigenvalue weighted by Crippen LogP contribution is -2.42. The fraction of sp³-hybridized carbons (Fsp3) is 0.500. The van der Waals surface area contributed by atoms with Gasteiger partial charge in [-0.1, -0.05) is 60.7 Å². The summed E-state index contributed by atoms with van der Waals surface area (Å²) in [5, 5.41) is 3.61. The second-order valence-electron chi connectivity index (χ2n) is 8.07. The minimum Gasteiger partial charge on any atom is -0.317 e. The maximum absolute atomic E-state index is 3.61. The highest BCUT2D eigenvalue weighted by Crippen LogP contribution is 2.17. The molecule has 0 aliphatic heterocycles. The van der Waals surface area contributed by atoms with Crippen LogP contribution in [-0.4, -0.2) is 35.8 Å². The second kappa shape index (κ2) is 12.2. The molecule has 0 aromatic heterocycles. The molecule has 0 saturated heterocycles. The van der Waals surface area contributed by atoms with E-state index in [9.17, 15) is 0 Å². The monoisotopic (exact) mass is 384 g/mol. The maximum Gasteiger partial charge on any atom is 0.0238 e. The highest BCUT2D eigenvalue weighted by Gasteiger charge is 2.20. The third-order valence-electron chi connectivity index (χ3n) is 4.70. The predicted octanol–water partition coefficient (Wildman–Crippen LogP) is 5.59. The average Bonchev–Trinajstić information content (AvgIpc) is 2.66. The van der Waals surface area contributed by atoms with E-state index < -0.39 is 0 Å². The van der Waals surface area contributed by atoms with Crippen molar-refractivity contribution in [2.24, 2.45) is 0 Å². The summed E-state index contributed by atoms with van der Waals surface area (Å²) < 4.78 is 0. The topological polar surface area (TPSA) is 15.3 Å². The largest absolute Gasteiger partial charge is 0.317 e. The van der Waals surface area contributed by atoms with Crippen LogP contribution >= 0.6 is 11.8 Å². The Morgan fingerprint density at radius 2 is 1.41 bits per heavy atom. The van der Waals surface area contributed by atoms with Crippen LogP contribution in [-0.2, 0) is 12.3 Å². The first-order valence-corrected chi connectivity index (χ1v) is 11.3. The minimum atomic E-state index is 0.198. The molecule has 0 saturated carbocycles. The molecule has 0 bridgehead atoms. The molecule has 2 rings (SSSR count). The van der Waals surface area contributed by atoms with E-state index in [2.05, 4.69) is 91.7 Å². The Morgan fingerprint density at radius 1 is 0.815 bits per heavy atom. The van der Waals surface area contributed by atoms with Gasteiger partial charge in [0.05, 0.1) is 0 Å². The van der Waals surface area contributed by atoms with Gasteiger partial charge in [-0.15, -0.1) is 0 Å². The Bertz CT molecular complexity index is 607. The van der Waals surface area contributed by atoms with Crippen LogP contribution in [0.2, 0.25) is 0 Å². The molecular formula is C24H36N2S. The lowest BCUT2D eigenvalue weighted by Gasteiger charge is -2.36. The quantitative estimate of drug-likeness (QED) is 0.480. The Hall–Kier alpha value is -1.29. The SMILES string of the molecule is CC(C)(C)N(CCCNCCCSCc1ccccc1)Cc1ccccc1. The zero-order chi connectivity index (χ0) is 19.4. The molecule has 0 aliphatic rings. The molecule has 2 nitrogen and oxygen atoms in total. The van der Waals surface area contributed by atoms with Crippen molar-refractivity contribution < 1.29 is 0 Å². The van der Waals surface area contributed by atoms with Gasteiger partial charge in [-0.2, -0.15) is 11.8 Å². The summed E-state index contributed by atoms with van der Waals surface area (Å²) in [4.78, 5) is 2.58. The van der Waals surface area contributed by atoms with E-state index in [0.29, 0.717) is 0 Å². The number of nitrogens with one attached hydrogen (secondary N) is 1. The number of hydrogen-bond donors (Lipinski definition) is 1. The molecule has 0 spiro atoms. The van der Waals surface area contributed by atoms with Gasteiger partial charge < -0.3 is 5.32 Å². The van der Waals surface area contributed by atoms with Gasteiger partial charge in [0.1, 0.15) is 0 Å². The van der Waals surface area contributed by atoms with Crippen molar-refractivity contribution >= 4 is 11.8 Å². The lowest BCUT2D eigenvalue weighted by atomic mass is 10.0. The van der Waals surface area contributed by atoms with Crippen LogP contribution in [0.3, 0.4) is 0 Å². The average molecular weight is 385 g/mol. The van der Waals surface area contributed by atoms with Crippen LogP contribution in [0.1, 0.15) is 44.7 Å². The van der Waals surface area contributed by atoms with Crippen molar-refractivity contribution in [3.8, 4) is 0 Å². The van der Waals surface area contributed by atoms with Gasteiger partial charge in [0.25, 0.3) is 0 Å². The molecule has 148 valence electrons. The predicted molar refractivity (Wildman–Crippen MR) is 121 cm³/mol. The Balaban J connectivity index is 1.54. The molecule has 0 fully saturated rings. The van der Waals surface area contributed by atoms with Crippen molar-refractivity contribution in [1.29, 1.82) is 0 Å². The van der Waals surface area contributed by atoms with Gasteiger partial charge in [-0.25, -0.2) is 0 Å². The molecule has 0 aliphatic carbocycles. The summed E-state index contributed by atoms with van der Waals surface area (Å²) in [6, 6.07) is 21.6. The fourth-order valence-electron chi connectivity index (χ4n) is 3.04. The Kier molecular flexibility index (Phi) is 9.96. The highest BCUT2D eigenvalue weighted by atomic mass is 32.2. The zero-order valence-electron chi connectivity index (χ0n) is 17.3. The first kappa shape index (κ1) is 22.0. The molecule has 0 radical (unpaired) electrons. The number of rotatable bonds is 12. The molecule has 3 heteroatoms. The van der Waals surface area contributed by atoms with Gasteiger partial charge in [-0.3, -0.25) is 4.90 Å². The summed E-state index contributed by atoms with van der Waals surface area (Å²) in [5.41, 5.74) is 3.02. The molecule has 27 heavy (non-hydrogen) atoms. The van der Waals surface area contributed by atoms with Crippen LogP contribution in [0.4, 0.5) is 0 Å². The van der Waals surface area contributed by atoms with E-state index in [4.69, 9.17) is 0 Å². The van der Waals surface area contributed by atoms with Crippen molar-refractivity contribution in [3.63, 3.8) is 0 Å². The van der Waals surface area contributed by atoms with Crippen LogP contribution < -0.4 is 5.32 Å². The normalized spacial score (nSPS) is 11.9. The minimum absolute atomic E-state index is 0.198. The fourth-order valence-corrected chi connectivity index (χ4v) is 3.96. The first-order valence-electron chi connectivity index (χ1n) is 10.2. The standard InChI is InChI=1S/C24H36N2S/c1-24(2,3)26(20-22-12-6-4-7-13-22)18-10-16-25-17-11-19-27-21-23-14-8-5-9-15-23/h4-9,12-15,25H,10-11,16-21H2,1-3H3. The third kappa shape index (κ3) is 9.46. The van der Waals surface area contributed by atoms with Crippen molar-refractivity contribution in [1.82, 2.24) is 10.2 Å². The van der Waals surface area contributed by atoms with Gasteiger partial charge in [0.15, 0.2) is 0 Å². The van der Waals surface area contributed by atoms with Gasteiger partial charge in [0, 0.05) is 24.4 Å². The third-order valence-corrected chi connectivity index (χ3v) is 5.82. The van der Waals surface area contributed by atoms with Gasteiger partial charge in [0.2, 0.25) is 0 Å². The summed E-state index contributed by atoms with van der Waals surface area (Å²) in [6.07, 6.45) is 2.44. The molecule has 2 aromatic rings. The van der Waals surface area contributed by atoms with E-state index in [1.807, 2.05) is 11.8 Å². The summed E-state index contributed by atoms with van der Waals surface area (Å²) in [7, 11) is 0. The molecular weight excluding hydrogens is 348 g/mol. The molecule has 0 atom stereocenters. The number of benzene rings is 2. The molecule has 0 unspecified atom stereocenters. The van der Waals surface area contributed by atoms with Crippen molar-refractivity contribution in [2.45, 2.75) is 51.4 Å². The zero-order valence-corrected chi connectivity index (χ0v) is 18.1. The van der Waals surface area contributed by atoms with Crippen LogP contribution in [0.25, 0.3) is 0 Å². The second-order valence-corrected chi connectivity index (χ2v) is 9.18. The van der Waals surface area contributed by atoms with Crippen LogP contribution in [0.15, 0.2) is 60.7 Å². The number of thioether (sulfide) groups is 1. The summed E-state index contributed by atoms with van der Waals surface area (Å²) in [5.74, 6) is 2.35. The van der Waals surface area contributed by atoms with E-state index >= 15 is 0 Å². The smallest absolute Gasteiger partial charge is 0.0238 e. The van der Waals surface area contributed by atoms with Crippen molar-refractivity contribution in [3.05, 3.63) is 71.8 Å². The number of hydrogen-bond acceptors (Lipinski definition) is 3. The molecule has 0 amide bonds. The summed E-state index contributed by atoms with van der Waals surface area (Å²) in [6.45, 7) is 11.3. The van der Waals surface area contributed by atoms with E-state index in [1.54, 1.807) is 0 Å². The Morgan fingerprint density at radius 3 is 2.04 bits per heavy atom. The highest BCUT2D eigenvalue weighted by molar-refractivity contribution is 7.98. The van der Waals surface area contributed by atoms with E-state index in [-0.39, 0.29) is 5.54 Å². The van der Waals surface area contributed by atoms with Gasteiger partial charge >= 0.3 is 0 Å². The molecule has 2 aromatic carbocycles. The molecule has 1 N–H and O–H groups in total. The molecule has 0 heterocycles. The maximum atomic E-state index is 3.61. The lowest BCUT2D eigenvalue weighted by molar-refractivity contribution is 0.126. The van der Waals surface area contributed by atoms with Crippen LogP contribution in [0.5, 0.6) is 0 Å². The van der Waals surface area contributed by atoms with Gasteiger partial charge in [-0.05, 0) is 63.6 Å². The van der Waals surface area contributed by atoms with E-state index in [0.717, 1.165) is 31.9 Å². The number of nitrogens with zero attached hydrogens (tertiary/aromatic N) is 1. The summed E-state index contributed by atoms with van der Waals surface area (Å²) >= 11 is 2.03. The van der Waals surface area contributed by atoms with Crippen molar-refractivity contribution in [2.75, 3.05) is 25.4 Å². The van der Waals surface area contributed by atoms with Crippen LogP contribution in [0, 0.1) is 0 Å². The Labute approximate surface area is 170 Å². The van der Waals surface area contributed by atoms with E-state index in [1.165, 1.54) is 29.7 Å².